The van der Waals surface area contributed by atoms with Gasteiger partial charge in [-0.3, -0.25) is 4.90 Å². The minimum atomic E-state index is -4.40. The van der Waals surface area contributed by atoms with E-state index in [0.717, 1.165) is 13.0 Å². The Kier molecular flexibility index (Phi) is 4.72. The molecule has 0 aliphatic rings. The van der Waals surface area contributed by atoms with Crippen molar-refractivity contribution in [2.24, 2.45) is 0 Å². The number of hydrogen-bond acceptors (Lipinski definition) is 4. The molecule has 0 saturated heterocycles. The van der Waals surface area contributed by atoms with E-state index in [2.05, 4.69) is 10.2 Å². The van der Waals surface area contributed by atoms with Crippen molar-refractivity contribution >= 4 is 11.3 Å². The number of hydrogen-bond donors (Lipinski definition) is 0. The van der Waals surface area contributed by atoms with Crippen LogP contribution in [0.3, 0.4) is 0 Å². The van der Waals surface area contributed by atoms with Crippen molar-refractivity contribution in [2.45, 2.75) is 19.1 Å². The van der Waals surface area contributed by atoms with Gasteiger partial charge in [0, 0.05) is 6.54 Å². The summed E-state index contributed by atoms with van der Waals surface area (Å²) in [6.07, 6.45) is -3.55. The number of nitrogens with zero attached hydrogens (tertiary/aromatic N) is 3. The highest BCUT2D eigenvalue weighted by Gasteiger charge is 2.35. The van der Waals surface area contributed by atoms with Crippen LogP contribution in [-0.4, -0.2) is 28.7 Å². The lowest BCUT2D eigenvalue weighted by Gasteiger charge is -2.14. The Hall–Kier alpha value is -1.47. The zero-order valence-electron chi connectivity index (χ0n) is 10.9. The second-order valence-electron chi connectivity index (χ2n) is 4.47. The highest BCUT2D eigenvalue weighted by molar-refractivity contribution is 7.11. The van der Waals surface area contributed by atoms with E-state index in [1.54, 1.807) is 0 Å². The Bertz CT molecular complexity index is 539. The van der Waals surface area contributed by atoms with E-state index in [4.69, 9.17) is 0 Å². The Morgan fingerprint density at radius 2 is 1.85 bits per heavy atom. The van der Waals surface area contributed by atoms with Crippen LogP contribution in [0.5, 0.6) is 0 Å². The van der Waals surface area contributed by atoms with Crippen molar-refractivity contribution in [3.63, 3.8) is 0 Å². The summed E-state index contributed by atoms with van der Waals surface area (Å²) in [5.74, 6) is 0. The minimum Gasteiger partial charge on any atom is -0.299 e. The van der Waals surface area contributed by atoms with Crippen LogP contribution < -0.4 is 0 Å². The Morgan fingerprint density at radius 3 is 2.45 bits per heavy atom. The first-order chi connectivity index (χ1) is 9.45. The molecule has 0 saturated carbocycles. The van der Waals surface area contributed by atoms with Crippen molar-refractivity contribution < 1.29 is 13.2 Å². The van der Waals surface area contributed by atoms with Gasteiger partial charge in [-0.05, 0) is 19.0 Å². The van der Waals surface area contributed by atoms with E-state index in [1.807, 2.05) is 42.3 Å². The van der Waals surface area contributed by atoms with Crippen molar-refractivity contribution in [2.75, 3.05) is 13.6 Å². The maximum Gasteiger partial charge on any atom is 0.445 e. The molecule has 0 radical (unpaired) electrons. The highest BCUT2D eigenvalue weighted by atomic mass is 32.1. The summed E-state index contributed by atoms with van der Waals surface area (Å²) in [6, 6.07) is 9.94. The molecule has 1 heterocycles. The predicted molar refractivity (Wildman–Crippen MR) is 71.4 cm³/mol. The van der Waals surface area contributed by atoms with Gasteiger partial charge in [0.25, 0.3) is 0 Å². The normalized spacial score (nSPS) is 12.1. The van der Waals surface area contributed by atoms with E-state index in [1.165, 1.54) is 5.56 Å². The summed E-state index contributed by atoms with van der Waals surface area (Å²) in [7, 11) is 1.86. The third-order valence-electron chi connectivity index (χ3n) is 2.74. The summed E-state index contributed by atoms with van der Waals surface area (Å²) in [4.78, 5) is 1.94. The Morgan fingerprint density at radius 1 is 1.15 bits per heavy atom. The van der Waals surface area contributed by atoms with Gasteiger partial charge in [-0.2, -0.15) is 13.2 Å². The van der Waals surface area contributed by atoms with Crippen molar-refractivity contribution in [3.8, 4) is 0 Å². The third-order valence-corrected chi connectivity index (χ3v) is 3.69. The van der Waals surface area contributed by atoms with Crippen LogP contribution in [0, 0.1) is 0 Å². The third kappa shape index (κ3) is 4.28. The fraction of sp³-hybridized carbons (Fsp3) is 0.385. The molecule has 0 aliphatic carbocycles. The molecule has 20 heavy (non-hydrogen) atoms. The fourth-order valence-corrected chi connectivity index (χ4v) is 2.49. The second kappa shape index (κ2) is 6.32. The number of alkyl halides is 3. The van der Waals surface area contributed by atoms with Gasteiger partial charge in [0.2, 0.25) is 5.01 Å². The quantitative estimate of drug-likeness (QED) is 0.849. The second-order valence-corrected chi connectivity index (χ2v) is 5.53. The molecule has 1 aromatic carbocycles. The first-order valence-corrected chi connectivity index (χ1v) is 6.89. The highest BCUT2D eigenvalue weighted by Crippen LogP contribution is 2.31. The molecule has 0 spiro atoms. The number of aromatic nitrogens is 2. The van der Waals surface area contributed by atoms with Gasteiger partial charge >= 0.3 is 6.18 Å². The van der Waals surface area contributed by atoms with Crippen LogP contribution in [0.4, 0.5) is 13.2 Å². The number of rotatable bonds is 5. The van der Waals surface area contributed by atoms with Crippen LogP contribution in [0.25, 0.3) is 0 Å². The smallest absolute Gasteiger partial charge is 0.299 e. The van der Waals surface area contributed by atoms with E-state index in [0.29, 0.717) is 22.9 Å². The zero-order chi connectivity index (χ0) is 14.6. The van der Waals surface area contributed by atoms with Crippen molar-refractivity contribution in [1.82, 2.24) is 15.1 Å². The fourth-order valence-electron chi connectivity index (χ4n) is 1.71. The molecule has 3 nitrogen and oxygen atoms in total. The first-order valence-electron chi connectivity index (χ1n) is 6.07. The van der Waals surface area contributed by atoms with E-state index in [9.17, 15) is 13.2 Å². The van der Waals surface area contributed by atoms with Crippen molar-refractivity contribution in [3.05, 3.63) is 45.9 Å². The van der Waals surface area contributed by atoms with E-state index < -0.39 is 11.2 Å². The molecule has 1 aromatic heterocycles. The number of likely N-dealkylation sites (N-methyl/N-ethyl adjacent to an activating group) is 1. The lowest BCUT2D eigenvalue weighted by molar-refractivity contribution is -0.138. The summed E-state index contributed by atoms with van der Waals surface area (Å²) in [6.45, 7) is 1.13. The van der Waals surface area contributed by atoms with Gasteiger partial charge in [-0.1, -0.05) is 41.7 Å². The lowest BCUT2D eigenvalue weighted by Crippen LogP contribution is -2.20. The van der Waals surface area contributed by atoms with Gasteiger partial charge in [0.05, 0.1) is 6.54 Å². The van der Waals surface area contributed by atoms with E-state index >= 15 is 0 Å². The zero-order valence-corrected chi connectivity index (χ0v) is 11.7. The van der Waals surface area contributed by atoms with Crippen LogP contribution in [0.1, 0.15) is 15.6 Å². The number of halogens is 3. The SMILES string of the molecule is CN(CCc1ccccc1)Cc1nnc(C(F)(F)F)s1. The summed E-state index contributed by atoms with van der Waals surface area (Å²) in [5, 5.41) is 6.26. The maximum atomic E-state index is 12.4. The van der Waals surface area contributed by atoms with Gasteiger partial charge < -0.3 is 0 Å². The first kappa shape index (κ1) is 14.9. The van der Waals surface area contributed by atoms with Crippen LogP contribution in [-0.2, 0) is 19.1 Å². The Labute approximate surface area is 119 Å². The molecule has 0 fully saturated rings. The maximum absolute atomic E-state index is 12.4. The van der Waals surface area contributed by atoms with Crippen molar-refractivity contribution in [1.29, 1.82) is 0 Å². The van der Waals surface area contributed by atoms with E-state index in [-0.39, 0.29) is 0 Å². The molecule has 0 bridgehead atoms. The Balaban J connectivity index is 1.85. The summed E-state index contributed by atoms with van der Waals surface area (Å²) in [5.41, 5.74) is 1.20. The molecule has 2 rings (SSSR count). The molecule has 0 unspecified atom stereocenters. The molecule has 0 N–H and O–H groups in total. The molecule has 7 heteroatoms. The molecule has 0 amide bonds. The molecular formula is C13H14F3N3S. The molecule has 0 aliphatic heterocycles. The summed E-state index contributed by atoms with van der Waals surface area (Å²) >= 11 is 0.601. The molecular weight excluding hydrogens is 287 g/mol. The largest absolute Gasteiger partial charge is 0.445 e. The summed E-state index contributed by atoms with van der Waals surface area (Å²) < 4.78 is 37.2. The van der Waals surface area contributed by atoms with Gasteiger partial charge in [-0.15, -0.1) is 10.2 Å². The standard InChI is InChI=1S/C13H14F3N3S/c1-19(8-7-10-5-3-2-4-6-10)9-11-17-18-12(20-11)13(14,15)16/h2-6H,7-9H2,1H3. The molecule has 2 aromatic rings. The lowest BCUT2D eigenvalue weighted by atomic mass is 10.1. The van der Waals surface area contributed by atoms with Crippen LogP contribution >= 0.6 is 11.3 Å². The van der Waals surface area contributed by atoms with Crippen LogP contribution in [0.2, 0.25) is 0 Å². The predicted octanol–water partition coefficient (Wildman–Crippen LogP) is 3.23. The topological polar surface area (TPSA) is 29.0 Å². The monoisotopic (exact) mass is 301 g/mol. The van der Waals surface area contributed by atoms with Gasteiger partial charge in [0.15, 0.2) is 0 Å². The molecule has 0 atom stereocenters. The average molecular weight is 301 g/mol. The molecule has 108 valence electrons. The van der Waals surface area contributed by atoms with Gasteiger partial charge in [0.1, 0.15) is 5.01 Å². The number of benzene rings is 1. The van der Waals surface area contributed by atoms with Crippen LogP contribution in [0.15, 0.2) is 30.3 Å². The van der Waals surface area contributed by atoms with Gasteiger partial charge in [-0.25, -0.2) is 0 Å². The average Bonchev–Trinajstić information content (AvgIpc) is 2.86. The minimum absolute atomic E-state index is 0.376.